The molecule has 0 fully saturated rings. The van der Waals surface area contributed by atoms with Gasteiger partial charge in [0.15, 0.2) is 6.10 Å². The van der Waals surface area contributed by atoms with Gasteiger partial charge in [0.2, 0.25) is 5.91 Å². The van der Waals surface area contributed by atoms with Crippen molar-refractivity contribution in [3.63, 3.8) is 0 Å². The van der Waals surface area contributed by atoms with E-state index in [2.05, 4.69) is 5.32 Å². The van der Waals surface area contributed by atoms with Crippen molar-refractivity contribution in [3.05, 3.63) is 59.7 Å². The fourth-order valence-electron chi connectivity index (χ4n) is 3.05. The van der Waals surface area contributed by atoms with E-state index >= 15 is 0 Å². The number of hydrogen-bond acceptors (Lipinski definition) is 4. The van der Waals surface area contributed by atoms with Gasteiger partial charge in [-0.05, 0) is 43.2 Å². The highest BCUT2D eigenvalue weighted by Crippen LogP contribution is 2.33. The van der Waals surface area contributed by atoms with E-state index in [0.29, 0.717) is 24.4 Å². The van der Waals surface area contributed by atoms with E-state index in [1.165, 1.54) is 0 Å². The zero-order chi connectivity index (χ0) is 20.1. The molecule has 1 atom stereocenters. The van der Waals surface area contributed by atoms with Crippen LogP contribution >= 0.6 is 0 Å². The molecule has 0 spiro atoms. The molecule has 1 aliphatic rings. The Morgan fingerprint density at radius 2 is 1.86 bits per heavy atom. The van der Waals surface area contributed by atoms with E-state index in [1.807, 2.05) is 12.1 Å². The molecule has 146 valence electrons. The molecule has 7 nitrogen and oxygen atoms in total. The fourth-order valence-corrected chi connectivity index (χ4v) is 3.05. The normalized spacial score (nSPS) is 15.5. The summed E-state index contributed by atoms with van der Waals surface area (Å²) in [6.45, 7) is 2.42. The van der Waals surface area contributed by atoms with E-state index in [0.717, 1.165) is 5.56 Å². The maximum absolute atomic E-state index is 12.4. The van der Waals surface area contributed by atoms with Gasteiger partial charge in [-0.15, -0.1) is 0 Å². The van der Waals surface area contributed by atoms with Crippen molar-refractivity contribution in [2.75, 3.05) is 18.0 Å². The minimum Gasteiger partial charge on any atom is -0.479 e. The standard InChI is InChI=1S/C21H22N2O5/c1-14-20(25)23(17-4-2-3-5-18(17)28-14)13-11-19(24)22-12-10-15-6-8-16(9-7-15)21(26)27/h2-9,14H,10-13H2,1H3,(H,22,24)(H,26,27). The molecule has 2 amide bonds. The van der Waals surface area contributed by atoms with Crippen molar-refractivity contribution in [2.45, 2.75) is 25.9 Å². The number of hydrogen-bond donors (Lipinski definition) is 2. The summed E-state index contributed by atoms with van der Waals surface area (Å²) in [5.41, 5.74) is 1.85. The number of carboxylic acid groups (broad SMARTS) is 1. The Bertz CT molecular complexity index is 879. The molecule has 0 radical (unpaired) electrons. The summed E-state index contributed by atoms with van der Waals surface area (Å²) < 4.78 is 5.59. The molecule has 2 N–H and O–H groups in total. The number of benzene rings is 2. The maximum atomic E-state index is 12.4. The second-order valence-corrected chi connectivity index (χ2v) is 6.57. The fraction of sp³-hybridized carbons (Fsp3) is 0.286. The van der Waals surface area contributed by atoms with Gasteiger partial charge < -0.3 is 20.1 Å². The van der Waals surface area contributed by atoms with Crippen LogP contribution in [0.2, 0.25) is 0 Å². The van der Waals surface area contributed by atoms with Gasteiger partial charge in [0.05, 0.1) is 11.3 Å². The second-order valence-electron chi connectivity index (χ2n) is 6.57. The summed E-state index contributed by atoms with van der Waals surface area (Å²) in [5, 5.41) is 11.7. The van der Waals surface area contributed by atoms with Crippen LogP contribution in [0.5, 0.6) is 5.75 Å². The monoisotopic (exact) mass is 382 g/mol. The largest absolute Gasteiger partial charge is 0.479 e. The highest BCUT2D eigenvalue weighted by Gasteiger charge is 2.31. The van der Waals surface area contributed by atoms with Crippen LogP contribution in [0.4, 0.5) is 5.69 Å². The zero-order valence-electron chi connectivity index (χ0n) is 15.6. The summed E-state index contributed by atoms with van der Waals surface area (Å²) >= 11 is 0. The van der Waals surface area contributed by atoms with Crippen LogP contribution in [0.3, 0.4) is 0 Å². The number of carbonyl (C=O) groups excluding carboxylic acids is 2. The Morgan fingerprint density at radius 3 is 2.57 bits per heavy atom. The molecule has 3 rings (SSSR count). The molecule has 1 aliphatic heterocycles. The molecule has 0 aliphatic carbocycles. The van der Waals surface area contributed by atoms with Crippen LogP contribution in [0.15, 0.2) is 48.5 Å². The number of carbonyl (C=O) groups is 3. The van der Waals surface area contributed by atoms with Crippen LogP contribution in [-0.2, 0) is 16.0 Å². The van der Waals surface area contributed by atoms with Crippen LogP contribution in [-0.4, -0.2) is 42.1 Å². The molecule has 7 heteroatoms. The van der Waals surface area contributed by atoms with Gasteiger partial charge in [-0.3, -0.25) is 9.59 Å². The van der Waals surface area contributed by atoms with Gasteiger partial charge in [-0.2, -0.15) is 0 Å². The number of aromatic carboxylic acids is 1. The molecule has 2 aromatic rings. The first kappa shape index (κ1) is 19.4. The minimum absolute atomic E-state index is 0.147. The number of ether oxygens (including phenoxy) is 1. The van der Waals surface area contributed by atoms with Gasteiger partial charge in [-0.25, -0.2) is 4.79 Å². The average Bonchev–Trinajstić information content (AvgIpc) is 2.69. The predicted molar refractivity (Wildman–Crippen MR) is 104 cm³/mol. The average molecular weight is 382 g/mol. The number of amides is 2. The van der Waals surface area contributed by atoms with Crippen LogP contribution in [0.25, 0.3) is 0 Å². The summed E-state index contributed by atoms with van der Waals surface area (Å²) in [7, 11) is 0. The van der Waals surface area contributed by atoms with Crippen LogP contribution in [0, 0.1) is 0 Å². The molecule has 0 bridgehead atoms. The molecule has 28 heavy (non-hydrogen) atoms. The minimum atomic E-state index is -0.964. The van der Waals surface area contributed by atoms with Crippen molar-refractivity contribution >= 4 is 23.5 Å². The smallest absolute Gasteiger partial charge is 0.335 e. The van der Waals surface area contributed by atoms with Crippen molar-refractivity contribution in [2.24, 2.45) is 0 Å². The van der Waals surface area contributed by atoms with Crippen molar-refractivity contribution < 1.29 is 24.2 Å². The lowest BCUT2D eigenvalue weighted by atomic mass is 10.1. The van der Waals surface area contributed by atoms with E-state index in [1.54, 1.807) is 48.2 Å². The Hall–Kier alpha value is -3.35. The van der Waals surface area contributed by atoms with Crippen molar-refractivity contribution in [3.8, 4) is 5.75 Å². The number of rotatable bonds is 7. The summed E-state index contributed by atoms with van der Waals surface area (Å²) in [5.74, 6) is -0.634. The number of para-hydroxylation sites is 2. The lowest BCUT2D eigenvalue weighted by Gasteiger charge is -2.32. The van der Waals surface area contributed by atoms with E-state index in [9.17, 15) is 14.4 Å². The van der Waals surface area contributed by atoms with Gasteiger partial charge in [0.25, 0.3) is 5.91 Å². The van der Waals surface area contributed by atoms with Crippen LogP contribution < -0.4 is 15.0 Å². The highest BCUT2D eigenvalue weighted by atomic mass is 16.5. The third kappa shape index (κ3) is 4.49. The second kappa shape index (κ2) is 8.56. The van der Waals surface area contributed by atoms with E-state index in [4.69, 9.17) is 9.84 Å². The van der Waals surface area contributed by atoms with Gasteiger partial charge >= 0.3 is 5.97 Å². The summed E-state index contributed by atoms with van der Waals surface area (Å²) in [6.07, 6.45) is 0.207. The van der Waals surface area contributed by atoms with Gasteiger partial charge in [0.1, 0.15) is 5.75 Å². The first-order chi connectivity index (χ1) is 13.5. The number of anilines is 1. The van der Waals surface area contributed by atoms with E-state index in [-0.39, 0.29) is 30.3 Å². The molecule has 0 aromatic heterocycles. The molecular weight excluding hydrogens is 360 g/mol. The molecule has 0 saturated heterocycles. The SMILES string of the molecule is CC1Oc2ccccc2N(CCC(=O)NCCc2ccc(C(=O)O)cc2)C1=O. The Kier molecular flexibility index (Phi) is 5.93. The maximum Gasteiger partial charge on any atom is 0.335 e. The van der Waals surface area contributed by atoms with Gasteiger partial charge in [-0.1, -0.05) is 24.3 Å². The number of fused-ring (bicyclic) bond motifs is 1. The quantitative estimate of drug-likeness (QED) is 0.766. The summed E-state index contributed by atoms with van der Waals surface area (Å²) in [6, 6.07) is 13.8. The lowest BCUT2D eigenvalue weighted by molar-refractivity contribution is -0.125. The first-order valence-electron chi connectivity index (χ1n) is 9.11. The molecule has 1 unspecified atom stereocenters. The summed E-state index contributed by atoms with van der Waals surface area (Å²) in [4.78, 5) is 37.0. The van der Waals surface area contributed by atoms with Gasteiger partial charge in [0, 0.05) is 19.5 Å². The zero-order valence-corrected chi connectivity index (χ0v) is 15.6. The molecule has 0 saturated carbocycles. The predicted octanol–water partition coefficient (Wildman–Crippen LogP) is 2.25. The third-order valence-electron chi connectivity index (χ3n) is 4.57. The molecule has 1 heterocycles. The first-order valence-corrected chi connectivity index (χ1v) is 9.11. The van der Waals surface area contributed by atoms with Crippen LogP contribution in [0.1, 0.15) is 29.3 Å². The van der Waals surface area contributed by atoms with Crippen molar-refractivity contribution in [1.29, 1.82) is 0 Å². The lowest BCUT2D eigenvalue weighted by Crippen LogP contribution is -2.45. The Morgan fingerprint density at radius 1 is 1.14 bits per heavy atom. The number of nitrogens with zero attached hydrogens (tertiary/aromatic N) is 1. The number of nitrogens with one attached hydrogen (secondary N) is 1. The highest BCUT2D eigenvalue weighted by molar-refractivity contribution is 6.00. The Balaban J connectivity index is 1.49. The third-order valence-corrected chi connectivity index (χ3v) is 4.57. The molecule has 2 aromatic carbocycles. The van der Waals surface area contributed by atoms with Crippen molar-refractivity contribution in [1.82, 2.24) is 5.32 Å². The van der Waals surface area contributed by atoms with E-state index < -0.39 is 12.1 Å². The number of carboxylic acids is 1. The molecular formula is C21H22N2O5. The topological polar surface area (TPSA) is 95.9 Å². The Labute approximate surface area is 162 Å².